The number of furan rings is 1. The quantitative estimate of drug-likeness (QED) is 0.906. The van der Waals surface area contributed by atoms with Gasteiger partial charge in [-0.3, -0.25) is 4.79 Å². The zero-order chi connectivity index (χ0) is 14.0. The molecule has 19 heavy (non-hydrogen) atoms. The molecule has 2 rings (SSSR count). The van der Waals surface area contributed by atoms with Crippen LogP contribution in [-0.2, 0) is 10.0 Å². The van der Waals surface area contributed by atoms with Crippen molar-refractivity contribution in [2.24, 2.45) is 0 Å². The van der Waals surface area contributed by atoms with Gasteiger partial charge in [-0.05, 0) is 36.6 Å². The van der Waals surface area contributed by atoms with Gasteiger partial charge < -0.3 is 9.32 Å². The Balaban J connectivity index is 1.91. The first-order valence-corrected chi connectivity index (χ1v) is 8.14. The molecule has 1 N–H and O–H groups in total. The Bertz CT molecular complexity index is 561. The molecule has 1 saturated heterocycles. The summed E-state index contributed by atoms with van der Waals surface area (Å²) in [5, 5.41) is 0.178. The molecule has 6 nitrogen and oxygen atoms in total. The van der Waals surface area contributed by atoms with Crippen molar-refractivity contribution < 1.29 is 17.6 Å². The van der Waals surface area contributed by atoms with Gasteiger partial charge in [-0.2, -0.15) is 0 Å². The number of carbonyl (C=O) groups is 1. The summed E-state index contributed by atoms with van der Waals surface area (Å²) in [4.78, 5) is 13.7. The van der Waals surface area contributed by atoms with E-state index in [0.29, 0.717) is 25.9 Å². The largest absolute Gasteiger partial charge is 0.440 e. The molecule has 1 aromatic rings. The molecular weight excluding hydrogens is 292 g/mol. The molecule has 1 aliphatic heterocycles. The van der Waals surface area contributed by atoms with Gasteiger partial charge in [0.2, 0.25) is 10.0 Å². The maximum absolute atomic E-state index is 12.0. The van der Waals surface area contributed by atoms with E-state index in [-0.39, 0.29) is 22.9 Å². The van der Waals surface area contributed by atoms with Gasteiger partial charge in [0.1, 0.15) is 0 Å². The number of amides is 1. The number of nitrogens with one attached hydrogen (secondary N) is 1. The van der Waals surface area contributed by atoms with Gasteiger partial charge in [0, 0.05) is 19.1 Å². The van der Waals surface area contributed by atoms with Crippen molar-refractivity contribution in [1.29, 1.82) is 0 Å². The molecule has 0 bridgehead atoms. The third kappa shape index (κ3) is 3.95. The standard InChI is InChI=1S/C11H15ClN2O4S/c1-19(16,17)13-8-4-6-14(7-5-8)11(15)9-2-3-10(12)18-9/h2-3,8,13H,4-7H2,1H3. The van der Waals surface area contributed by atoms with Crippen LogP contribution in [0.1, 0.15) is 23.4 Å². The number of halogens is 1. The van der Waals surface area contributed by atoms with Gasteiger partial charge in [-0.25, -0.2) is 13.1 Å². The van der Waals surface area contributed by atoms with E-state index < -0.39 is 10.0 Å². The SMILES string of the molecule is CS(=O)(=O)NC1CCN(C(=O)c2ccc(Cl)o2)CC1. The van der Waals surface area contributed by atoms with Crippen molar-refractivity contribution in [2.45, 2.75) is 18.9 Å². The van der Waals surface area contributed by atoms with E-state index in [0.717, 1.165) is 6.26 Å². The molecule has 0 spiro atoms. The second-order valence-corrected chi connectivity index (χ2v) is 6.71. The Morgan fingerprint density at radius 2 is 2.05 bits per heavy atom. The summed E-state index contributed by atoms with van der Waals surface area (Å²) >= 11 is 5.63. The fourth-order valence-corrected chi connectivity index (χ4v) is 3.08. The van der Waals surface area contributed by atoms with E-state index in [1.165, 1.54) is 12.1 Å². The van der Waals surface area contributed by atoms with Crippen molar-refractivity contribution in [2.75, 3.05) is 19.3 Å². The number of carbonyl (C=O) groups excluding carboxylic acids is 1. The Labute approximate surface area is 116 Å². The van der Waals surface area contributed by atoms with Crippen molar-refractivity contribution >= 4 is 27.5 Å². The van der Waals surface area contributed by atoms with Crippen LogP contribution in [-0.4, -0.2) is 44.6 Å². The van der Waals surface area contributed by atoms with Gasteiger partial charge in [0.15, 0.2) is 11.0 Å². The van der Waals surface area contributed by atoms with Crippen LogP contribution >= 0.6 is 11.6 Å². The Kier molecular flexibility index (Phi) is 4.17. The molecule has 0 unspecified atom stereocenters. The third-order valence-corrected chi connectivity index (χ3v) is 3.91. The van der Waals surface area contributed by atoms with Crippen molar-refractivity contribution in [3.05, 3.63) is 23.1 Å². The first-order chi connectivity index (χ1) is 8.85. The third-order valence-electron chi connectivity index (χ3n) is 2.95. The second-order valence-electron chi connectivity index (χ2n) is 4.56. The van der Waals surface area contributed by atoms with Gasteiger partial charge in [-0.15, -0.1) is 0 Å². The number of likely N-dealkylation sites (tertiary alicyclic amines) is 1. The molecule has 106 valence electrons. The number of rotatable bonds is 3. The lowest BCUT2D eigenvalue weighted by molar-refractivity contribution is 0.0679. The van der Waals surface area contributed by atoms with E-state index >= 15 is 0 Å². The Hall–Kier alpha value is -1.05. The van der Waals surface area contributed by atoms with Crippen LogP contribution < -0.4 is 4.72 Å². The normalized spacial score (nSPS) is 17.7. The first-order valence-electron chi connectivity index (χ1n) is 5.87. The van der Waals surface area contributed by atoms with Gasteiger partial charge in [0.25, 0.3) is 5.91 Å². The number of hydrogen-bond donors (Lipinski definition) is 1. The summed E-state index contributed by atoms with van der Waals surface area (Å²) in [6.07, 6.45) is 2.32. The van der Waals surface area contributed by atoms with E-state index in [1.54, 1.807) is 4.90 Å². The highest BCUT2D eigenvalue weighted by Crippen LogP contribution is 2.18. The van der Waals surface area contributed by atoms with Crippen LogP contribution in [0.3, 0.4) is 0 Å². The highest BCUT2D eigenvalue weighted by atomic mass is 35.5. The minimum atomic E-state index is -3.20. The van der Waals surface area contributed by atoms with E-state index in [4.69, 9.17) is 16.0 Å². The zero-order valence-corrected chi connectivity index (χ0v) is 12.0. The Morgan fingerprint density at radius 1 is 1.42 bits per heavy atom. The van der Waals surface area contributed by atoms with Crippen molar-refractivity contribution in [3.8, 4) is 0 Å². The summed E-state index contributed by atoms with van der Waals surface area (Å²) in [6.45, 7) is 0.981. The number of hydrogen-bond acceptors (Lipinski definition) is 4. The van der Waals surface area contributed by atoms with E-state index in [2.05, 4.69) is 4.72 Å². The van der Waals surface area contributed by atoms with Crippen LogP contribution in [0.2, 0.25) is 5.22 Å². The van der Waals surface area contributed by atoms with Crippen LogP contribution in [0.4, 0.5) is 0 Å². The predicted octanol–water partition coefficient (Wildman–Crippen LogP) is 1.09. The summed E-state index contributed by atoms with van der Waals surface area (Å²) < 4.78 is 29.9. The van der Waals surface area contributed by atoms with E-state index in [1.807, 2.05) is 0 Å². The van der Waals surface area contributed by atoms with Crippen LogP contribution in [0.25, 0.3) is 0 Å². The molecule has 1 amide bonds. The number of nitrogens with zero attached hydrogens (tertiary/aromatic N) is 1. The predicted molar refractivity (Wildman–Crippen MR) is 70.6 cm³/mol. The molecule has 0 aromatic carbocycles. The lowest BCUT2D eigenvalue weighted by Gasteiger charge is -2.31. The van der Waals surface area contributed by atoms with Crippen molar-refractivity contribution in [1.82, 2.24) is 9.62 Å². The fraction of sp³-hybridized carbons (Fsp3) is 0.545. The minimum absolute atomic E-state index is 0.112. The molecule has 1 fully saturated rings. The lowest BCUT2D eigenvalue weighted by atomic mass is 10.1. The molecule has 0 atom stereocenters. The highest BCUT2D eigenvalue weighted by molar-refractivity contribution is 7.88. The second kappa shape index (κ2) is 5.52. The maximum Gasteiger partial charge on any atom is 0.289 e. The highest BCUT2D eigenvalue weighted by Gasteiger charge is 2.26. The van der Waals surface area contributed by atoms with Crippen LogP contribution in [0, 0.1) is 0 Å². The molecule has 0 saturated carbocycles. The summed E-state index contributed by atoms with van der Waals surface area (Å²) in [5.74, 6) is -0.00997. The molecule has 0 radical (unpaired) electrons. The van der Waals surface area contributed by atoms with Crippen molar-refractivity contribution in [3.63, 3.8) is 0 Å². The molecule has 1 aromatic heterocycles. The van der Waals surface area contributed by atoms with E-state index in [9.17, 15) is 13.2 Å². The molecule has 8 heteroatoms. The molecule has 2 heterocycles. The van der Waals surface area contributed by atoms with Gasteiger partial charge in [0.05, 0.1) is 6.26 Å². The molecule has 1 aliphatic rings. The average Bonchev–Trinajstić information content (AvgIpc) is 2.74. The number of sulfonamides is 1. The average molecular weight is 307 g/mol. The lowest BCUT2D eigenvalue weighted by Crippen LogP contribution is -2.46. The number of piperidine rings is 1. The minimum Gasteiger partial charge on any atom is -0.440 e. The van der Waals surface area contributed by atoms with Gasteiger partial charge in [-0.1, -0.05) is 0 Å². The smallest absolute Gasteiger partial charge is 0.289 e. The summed E-state index contributed by atoms with van der Waals surface area (Å²) in [5.41, 5.74) is 0. The maximum atomic E-state index is 12.0. The topological polar surface area (TPSA) is 79.6 Å². The Morgan fingerprint density at radius 3 is 2.53 bits per heavy atom. The zero-order valence-electron chi connectivity index (χ0n) is 10.4. The summed E-state index contributed by atoms with van der Waals surface area (Å²) in [6, 6.07) is 2.94. The summed E-state index contributed by atoms with van der Waals surface area (Å²) in [7, 11) is -3.20. The van der Waals surface area contributed by atoms with Crippen LogP contribution in [0.5, 0.6) is 0 Å². The first kappa shape index (κ1) is 14.4. The molecular formula is C11H15ClN2O4S. The molecule has 0 aliphatic carbocycles. The van der Waals surface area contributed by atoms with Crippen LogP contribution in [0.15, 0.2) is 16.5 Å². The fourth-order valence-electron chi connectivity index (χ4n) is 2.09. The monoisotopic (exact) mass is 306 g/mol. The van der Waals surface area contributed by atoms with Gasteiger partial charge >= 0.3 is 0 Å².